The lowest BCUT2D eigenvalue weighted by Gasteiger charge is -2.37. The molecule has 1 aliphatic heterocycles. The molecule has 7 heteroatoms. The molecule has 0 saturated heterocycles. The molecule has 1 atom stereocenters. The molecule has 28 heavy (non-hydrogen) atoms. The molecule has 1 fully saturated rings. The maximum atomic E-state index is 12.8. The molecule has 0 bridgehead atoms. The fraction of sp³-hybridized carbons (Fsp3) is 0.524. The largest absolute Gasteiger partial charge is 0.493 e. The van der Waals surface area contributed by atoms with E-state index in [0.29, 0.717) is 41.4 Å². The maximum absolute atomic E-state index is 12.8. The minimum absolute atomic E-state index is 0.323. The third-order valence-electron chi connectivity index (χ3n) is 4.92. The van der Waals surface area contributed by atoms with Crippen molar-refractivity contribution in [2.75, 3.05) is 20.3 Å². The van der Waals surface area contributed by atoms with E-state index in [1.54, 1.807) is 7.11 Å². The van der Waals surface area contributed by atoms with Gasteiger partial charge in [0.2, 0.25) is 0 Å². The van der Waals surface area contributed by atoms with Gasteiger partial charge in [-0.15, -0.1) is 0 Å². The highest BCUT2D eigenvalue weighted by atomic mass is 32.1. The van der Waals surface area contributed by atoms with Gasteiger partial charge in [0, 0.05) is 11.7 Å². The van der Waals surface area contributed by atoms with Crippen molar-refractivity contribution < 1.29 is 19.0 Å². The van der Waals surface area contributed by atoms with Gasteiger partial charge in [0.1, 0.15) is 0 Å². The predicted molar refractivity (Wildman–Crippen MR) is 111 cm³/mol. The molecule has 1 aliphatic carbocycles. The van der Waals surface area contributed by atoms with Gasteiger partial charge in [-0.1, -0.05) is 13.0 Å². The number of hydrogen-bond acceptors (Lipinski definition) is 5. The number of rotatable bonds is 8. The second-order valence-corrected chi connectivity index (χ2v) is 7.35. The molecule has 1 aromatic carbocycles. The number of carbonyl (C=O) groups is 1. The molecule has 1 saturated carbocycles. The Balaban J connectivity index is 2.00. The van der Waals surface area contributed by atoms with Crippen LogP contribution in [0.15, 0.2) is 29.5 Å². The fourth-order valence-corrected chi connectivity index (χ4v) is 3.85. The molecule has 0 radical (unpaired) electrons. The first-order chi connectivity index (χ1) is 13.5. The summed E-state index contributed by atoms with van der Waals surface area (Å²) in [5.74, 6) is 0.990. The first-order valence-electron chi connectivity index (χ1n) is 9.80. The van der Waals surface area contributed by atoms with Crippen LogP contribution < -0.4 is 14.8 Å². The van der Waals surface area contributed by atoms with Gasteiger partial charge in [0.15, 0.2) is 16.6 Å². The summed E-state index contributed by atoms with van der Waals surface area (Å²) < 4.78 is 16.6. The second-order valence-electron chi connectivity index (χ2n) is 6.96. The summed E-state index contributed by atoms with van der Waals surface area (Å²) in [6.07, 6.45) is 3.07. The van der Waals surface area contributed by atoms with Crippen LogP contribution in [0.2, 0.25) is 0 Å². The third kappa shape index (κ3) is 4.09. The Morgan fingerprint density at radius 3 is 2.64 bits per heavy atom. The van der Waals surface area contributed by atoms with E-state index >= 15 is 0 Å². The summed E-state index contributed by atoms with van der Waals surface area (Å²) in [6.45, 7) is 6.75. The van der Waals surface area contributed by atoms with E-state index in [4.69, 9.17) is 26.4 Å². The van der Waals surface area contributed by atoms with Crippen LogP contribution in [-0.4, -0.2) is 42.3 Å². The van der Waals surface area contributed by atoms with Crippen molar-refractivity contribution in [2.45, 2.75) is 52.1 Å². The van der Waals surface area contributed by atoms with Crippen molar-refractivity contribution in [3.05, 3.63) is 35.0 Å². The summed E-state index contributed by atoms with van der Waals surface area (Å²) in [4.78, 5) is 14.9. The first-order valence-corrected chi connectivity index (χ1v) is 10.2. The molecular weight excluding hydrogens is 376 g/mol. The molecule has 0 amide bonds. The monoisotopic (exact) mass is 404 g/mol. The van der Waals surface area contributed by atoms with Gasteiger partial charge in [0.05, 0.1) is 31.9 Å². The number of hydrogen-bond donors (Lipinski definition) is 1. The van der Waals surface area contributed by atoms with Crippen molar-refractivity contribution in [3.8, 4) is 11.5 Å². The smallest absolute Gasteiger partial charge is 0.338 e. The van der Waals surface area contributed by atoms with Crippen LogP contribution in [0.4, 0.5) is 0 Å². The molecule has 0 aromatic heterocycles. The zero-order chi connectivity index (χ0) is 20.3. The van der Waals surface area contributed by atoms with Gasteiger partial charge in [-0.2, -0.15) is 0 Å². The number of thiocarbonyl (C=S) groups is 1. The van der Waals surface area contributed by atoms with Gasteiger partial charge in [0.25, 0.3) is 0 Å². The summed E-state index contributed by atoms with van der Waals surface area (Å²) in [5, 5.41) is 3.98. The van der Waals surface area contributed by atoms with Crippen LogP contribution >= 0.6 is 12.2 Å². The molecule has 152 valence electrons. The zero-order valence-corrected chi connectivity index (χ0v) is 17.7. The zero-order valence-electron chi connectivity index (χ0n) is 16.9. The summed E-state index contributed by atoms with van der Waals surface area (Å²) >= 11 is 5.62. The van der Waals surface area contributed by atoms with E-state index in [1.807, 2.05) is 36.9 Å². The maximum Gasteiger partial charge on any atom is 0.338 e. The second kappa shape index (κ2) is 8.82. The van der Waals surface area contributed by atoms with Crippen LogP contribution in [0.25, 0.3) is 0 Å². The molecule has 0 spiro atoms. The lowest BCUT2D eigenvalue weighted by molar-refractivity contribution is -0.139. The highest BCUT2D eigenvalue weighted by Crippen LogP contribution is 2.39. The first kappa shape index (κ1) is 20.5. The van der Waals surface area contributed by atoms with Gasteiger partial charge < -0.3 is 24.4 Å². The van der Waals surface area contributed by atoms with Crippen LogP contribution in [0.5, 0.6) is 11.5 Å². The van der Waals surface area contributed by atoms with Crippen molar-refractivity contribution >= 4 is 23.3 Å². The fourth-order valence-electron chi connectivity index (χ4n) is 3.45. The van der Waals surface area contributed by atoms with Crippen LogP contribution in [0.3, 0.4) is 0 Å². The highest BCUT2D eigenvalue weighted by molar-refractivity contribution is 7.80. The van der Waals surface area contributed by atoms with Crippen molar-refractivity contribution in [1.82, 2.24) is 10.2 Å². The van der Waals surface area contributed by atoms with E-state index in [0.717, 1.165) is 30.5 Å². The number of carbonyl (C=O) groups excluding carboxylic acids is 1. The number of nitrogens with zero attached hydrogens (tertiary/aromatic N) is 1. The molecule has 3 rings (SSSR count). The minimum Gasteiger partial charge on any atom is -0.493 e. The summed E-state index contributed by atoms with van der Waals surface area (Å²) in [6, 6.07) is 5.68. The average Bonchev–Trinajstić information content (AvgIpc) is 3.50. The molecule has 6 nitrogen and oxygen atoms in total. The predicted octanol–water partition coefficient (Wildman–Crippen LogP) is 3.71. The summed E-state index contributed by atoms with van der Waals surface area (Å²) in [5.41, 5.74) is 2.33. The van der Waals surface area contributed by atoms with Gasteiger partial charge in [-0.3, -0.25) is 0 Å². The molecule has 1 heterocycles. The Hall–Kier alpha value is -2.28. The molecule has 2 aliphatic rings. The van der Waals surface area contributed by atoms with Crippen molar-refractivity contribution in [2.24, 2.45) is 0 Å². The van der Waals surface area contributed by atoms with Crippen molar-refractivity contribution in [3.63, 3.8) is 0 Å². The van der Waals surface area contributed by atoms with Crippen LogP contribution in [0, 0.1) is 0 Å². The Bertz CT molecular complexity index is 789. The van der Waals surface area contributed by atoms with E-state index in [2.05, 4.69) is 12.2 Å². The molecule has 1 aromatic rings. The third-order valence-corrected chi connectivity index (χ3v) is 5.23. The number of methoxy groups -OCH3 is 1. The molecular formula is C21H28N2O4S. The molecule has 0 unspecified atom stereocenters. The van der Waals surface area contributed by atoms with E-state index < -0.39 is 6.04 Å². The quantitative estimate of drug-likeness (QED) is 0.523. The van der Waals surface area contributed by atoms with E-state index in [1.165, 1.54) is 0 Å². The normalized spacial score (nSPS) is 19.4. The van der Waals surface area contributed by atoms with Gasteiger partial charge >= 0.3 is 5.97 Å². The SMILES string of the molecule is CCCOc1ccc([C@@H]2NC(=S)N(C3CC3)C(C)=C2C(=O)OCC)cc1OC. The minimum atomic E-state index is -0.393. The average molecular weight is 405 g/mol. The Labute approximate surface area is 171 Å². The Morgan fingerprint density at radius 1 is 1.29 bits per heavy atom. The number of ether oxygens (including phenoxy) is 3. The number of nitrogens with one attached hydrogen (secondary N) is 1. The van der Waals surface area contributed by atoms with Crippen LogP contribution in [0.1, 0.15) is 51.6 Å². The Kier molecular flexibility index (Phi) is 6.44. The van der Waals surface area contributed by atoms with Crippen LogP contribution in [-0.2, 0) is 9.53 Å². The topological polar surface area (TPSA) is 60.0 Å². The van der Waals surface area contributed by atoms with E-state index in [9.17, 15) is 4.79 Å². The van der Waals surface area contributed by atoms with Crippen molar-refractivity contribution in [1.29, 1.82) is 0 Å². The highest BCUT2D eigenvalue weighted by Gasteiger charge is 2.41. The van der Waals surface area contributed by atoms with E-state index in [-0.39, 0.29) is 5.97 Å². The van der Waals surface area contributed by atoms with Gasteiger partial charge in [-0.05, 0) is 63.0 Å². The number of allylic oxidation sites excluding steroid dienone is 1. The standard InChI is InChI=1S/C21H28N2O4S/c1-5-11-27-16-10-7-14(12-17(16)25-4)19-18(20(24)26-6-2)13(3)23(15-8-9-15)21(28)22-19/h7,10,12,15,19H,5-6,8-9,11H2,1-4H3,(H,22,28)/t19-/m0/s1. The Morgan fingerprint density at radius 2 is 2.04 bits per heavy atom. The number of esters is 1. The lowest BCUT2D eigenvalue weighted by atomic mass is 9.94. The number of benzene rings is 1. The lowest BCUT2D eigenvalue weighted by Crippen LogP contribution is -2.48. The molecule has 1 N–H and O–H groups in total. The summed E-state index contributed by atoms with van der Waals surface area (Å²) in [7, 11) is 1.61. The van der Waals surface area contributed by atoms with Gasteiger partial charge in [-0.25, -0.2) is 4.79 Å².